The standard InChI is InChI=1S/C16H27NOS/c1-2-12-19-15-17-16(10-6-3-7-11-16)13-8-4-5-9-14(13)18-15/h13-14H,2-12H2,1H3/t13-,14-/m0/s1. The molecule has 0 aromatic heterocycles. The van der Waals surface area contributed by atoms with E-state index in [0.717, 1.165) is 11.0 Å². The highest BCUT2D eigenvalue weighted by Crippen LogP contribution is 2.48. The van der Waals surface area contributed by atoms with Crippen molar-refractivity contribution in [1.82, 2.24) is 0 Å². The summed E-state index contributed by atoms with van der Waals surface area (Å²) in [6.45, 7) is 2.23. The summed E-state index contributed by atoms with van der Waals surface area (Å²) in [6.07, 6.45) is 13.8. The first-order valence-electron chi connectivity index (χ1n) is 8.23. The first-order valence-corrected chi connectivity index (χ1v) is 9.22. The maximum atomic E-state index is 6.23. The van der Waals surface area contributed by atoms with E-state index in [1.54, 1.807) is 0 Å². The number of hydrogen-bond donors (Lipinski definition) is 0. The fourth-order valence-electron chi connectivity index (χ4n) is 4.18. The van der Waals surface area contributed by atoms with Crippen LogP contribution < -0.4 is 0 Å². The van der Waals surface area contributed by atoms with Crippen molar-refractivity contribution in [3.05, 3.63) is 0 Å². The summed E-state index contributed by atoms with van der Waals surface area (Å²) in [5.41, 5.74) is 0.262. The van der Waals surface area contributed by atoms with Gasteiger partial charge in [-0.1, -0.05) is 44.4 Å². The SMILES string of the molecule is CCCSC1=NC2(CCCCC2)[C@H]2CCCC[C@@H]2O1. The Balaban J connectivity index is 1.83. The average molecular weight is 281 g/mol. The number of thioether (sulfide) groups is 1. The number of rotatable bonds is 2. The highest BCUT2D eigenvalue weighted by molar-refractivity contribution is 8.13. The van der Waals surface area contributed by atoms with Crippen LogP contribution in [0.25, 0.3) is 0 Å². The molecule has 0 aromatic carbocycles. The third-order valence-corrected chi connectivity index (χ3v) is 6.15. The Bertz CT molecular complexity index is 336. The van der Waals surface area contributed by atoms with Gasteiger partial charge in [0.2, 0.25) is 5.23 Å². The van der Waals surface area contributed by atoms with Crippen molar-refractivity contribution in [2.75, 3.05) is 5.75 Å². The lowest BCUT2D eigenvalue weighted by molar-refractivity contribution is 0.00299. The summed E-state index contributed by atoms with van der Waals surface area (Å²) in [5.74, 6) is 1.86. The maximum Gasteiger partial charge on any atom is 0.246 e. The summed E-state index contributed by atoms with van der Waals surface area (Å²) in [7, 11) is 0. The molecule has 2 saturated carbocycles. The van der Waals surface area contributed by atoms with Crippen LogP contribution in [0.2, 0.25) is 0 Å². The van der Waals surface area contributed by atoms with E-state index in [0.29, 0.717) is 12.0 Å². The Morgan fingerprint density at radius 2 is 1.95 bits per heavy atom. The Morgan fingerprint density at radius 1 is 1.16 bits per heavy atom. The molecule has 3 rings (SSSR count). The normalized spacial score (nSPS) is 33.4. The third-order valence-electron chi connectivity index (χ3n) is 5.11. The minimum absolute atomic E-state index is 0.262. The van der Waals surface area contributed by atoms with E-state index in [1.807, 2.05) is 11.8 Å². The van der Waals surface area contributed by atoms with E-state index in [4.69, 9.17) is 9.73 Å². The predicted octanol–water partition coefficient (Wildman–Crippen LogP) is 4.78. The molecule has 2 fully saturated rings. The van der Waals surface area contributed by atoms with E-state index in [2.05, 4.69) is 6.92 Å². The molecule has 0 bridgehead atoms. The van der Waals surface area contributed by atoms with Crippen LogP contribution in [0.1, 0.15) is 71.1 Å². The van der Waals surface area contributed by atoms with Gasteiger partial charge < -0.3 is 4.74 Å². The first kappa shape index (κ1) is 13.8. The van der Waals surface area contributed by atoms with Crippen LogP contribution in [0.15, 0.2) is 4.99 Å². The zero-order chi connectivity index (χ0) is 13.1. The molecule has 0 radical (unpaired) electrons. The Morgan fingerprint density at radius 3 is 2.74 bits per heavy atom. The number of ether oxygens (including phenoxy) is 1. The van der Waals surface area contributed by atoms with Crippen LogP contribution in [0.5, 0.6) is 0 Å². The lowest BCUT2D eigenvalue weighted by Gasteiger charge is -2.49. The molecule has 0 amide bonds. The van der Waals surface area contributed by atoms with E-state index in [-0.39, 0.29) is 5.54 Å². The van der Waals surface area contributed by atoms with Crippen LogP contribution in [0.3, 0.4) is 0 Å². The topological polar surface area (TPSA) is 21.6 Å². The summed E-state index contributed by atoms with van der Waals surface area (Å²) in [5, 5.41) is 1.02. The fourth-order valence-corrected chi connectivity index (χ4v) is 4.99. The maximum absolute atomic E-state index is 6.23. The molecule has 108 valence electrons. The Labute approximate surface area is 121 Å². The summed E-state index contributed by atoms with van der Waals surface area (Å²) in [6, 6.07) is 0. The Hall–Kier alpha value is -0.180. The number of nitrogens with zero attached hydrogens (tertiary/aromatic N) is 1. The van der Waals surface area contributed by atoms with Gasteiger partial charge >= 0.3 is 0 Å². The largest absolute Gasteiger partial charge is 0.469 e. The molecule has 2 aliphatic carbocycles. The number of fused-ring (bicyclic) bond motifs is 2. The molecule has 19 heavy (non-hydrogen) atoms. The fraction of sp³-hybridized carbons (Fsp3) is 0.938. The van der Waals surface area contributed by atoms with Gasteiger partial charge in [-0.15, -0.1) is 0 Å². The zero-order valence-electron chi connectivity index (χ0n) is 12.2. The van der Waals surface area contributed by atoms with Crippen LogP contribution in [0.4, 0.5) is 0 Å². The van der Waals surface area contributed by atoms with Crippen molar-refractivity contribution in [3.63, 3.8) is 0 Å². The van der Waals surface area contributed by atoms with Gasteiger partial charge in [-0.3, -0.25) is 0 Å². The predicted molar refractivity (Wildman–Crippen MR) is 82.8 cm³/mol. The molecule has 2 nitrogen and oxygen atoms in total. The van der Waals surface area contributed by atoms with Gasteiger partial charge in [0.15, 0.2) is 0 Å². The average Bonchev–Trinajstić information content (AvgIpc) is 2.46. The molecule has 0 N–H and O–H groups in total. The van der Waals surface area contributed by atoms with Crippen molar-refractivity contribution < 1.29 is 4.74 Å². The molecular weight excluding hydrogens is 254 g/mol. The molecule has 3 aliphatic rings. The van der Waals surface area contributed by atoms with Gasteiger partial charge in [-0.25, -0.2) is 4.99 Å². The van der Waals surface area contributed by atoms with E-state index < -0.39 is 0 Å². The molecule has 1 spiro atoms. The second kappa shape index (κ2) is 6.07. The van der Waals surface area contributed by atoms with Gasteiger partial charge in [-0.2, -0.15) is 0 Å². The summed E-state index contributed by atoms with van der Waals surface area (Å²) < 4.78 is 6.23. The van der Waals surface area contributed by atoms with E-state index in [1.165, 1.54) is 64.2 Å². The monoisotopic (exact) mass is 281 g/mol. The van der Waals surface area contributed by atoms with Crippen molar-refractivity contribution in [1.29, 1.82) is 0 Å². The van der Waals surface area contributed by atoms with E-state index >= 15 is 0 Å². The summed E-state index contributed by atoms with van der Waals surface area (Å²) >= 11 is 1.85. The second-order valence-electron chi connectivity index (χ2n) is 6.44. The van der Waals surface area contributed by atoms with Gasteiger partial charge in [0.05, 0.1) is 5.54 Å². The molecule has 1 aliphatic heterocycles. The first-order chi connectivity index (χ1) is 9.34. The molecular formula is C16H27NOS. The van der Waals surface area contributed by atoms with Gasteiger partial charge in [0.1, 0.15) is 6.10 Å². The number of aliphatic imine (C=N–C) groups is 1. The van der Waals surface area contributed by atoms with Crippen molar-refractivity contribution in [2.45, 2.75) is 82.8 Å². The van der Waals surface area contributed by atoms with Gasteiger partial charge in [-0.05, 0) is 38.5 Å². The Kier molecular flexibility index (Phi) is 4.40. The van der Waals surface area contributed by atoms with Crippen LogP contribution in [-0.4, -0.2) is 22.6 Å². The second-order valence-corrected chi connectivity index (χ2v) is 7.48. The third kappa shape index (κ3) is 2.81. The molecule has 2 atom stereocenters. The van der Waals surface area contributed by atoms with E-state index in [9.17, 15) is 0 Å². The minimum atomic E-state index is 0.262. The lowest BCUT2D eigenvalue weighted by atomic mass is 9.66. The van der Waals surface area contributed by atoms with Crippen LogP contribution in [-0.2, 0) is 4.74 Å². The molecule has 1 heterocycles. The van der Waals surface area contributed by atoms with Crippen LogP contribution >= 0.6 is 11.8 Å². The zero-order valence-corrected chi connectivity index (χ0v) is 13.0. The molecule has 3 heteroatoms. The van der Waals surface area contributed by atoms with Crippen molar-refractivity contribution in [2.24, 2.45) is 10.9 Å². The lowest BCUT2D eigenvalue weighted by Crippen LogP contribution is -2.51. The smallest absolute Gasteiger partial charge is 0.246 e. The number of hydrogen-bond acceptors (Lipinski definition) is 3. The molecule has 0 unspecified atom stereocenters. The molecule has 0 aromatic rings. The summed E-state index contributed by atoms with van der Waals surface area (Å²) in [4.78, 5) is 5.15. The van der Waals surface area contributed by atoms with Gasteiger partial charge in [0.25, 0.3) is 0 Å². The van der Waals surface area contributed by atoms with Crippen LogP contribution in [0, 0.1) is 5.92 Å². The highest BCUT2D eigenvalue weighted by atomic mass is 32.2. The minimum Gasteiger partial charge on any atom is -0.469 e. The highest BCUT2D eigenvalue weighted by Gasteiger charge is 2.48. The van der Waals surface area contributed by atoms with Crippen molar-refractivity contribution in [3.8, 4) is 0 Å². The molecule has 0 saturated heterocycles. The quantitative estimate of drug-likeness (QED) is 0.726. The van der Waals surface area contributed by atoms with Crippen molar-refractivity contribution >= 4 is 17.0 Å². The van der Waals surface area contributed by atoms with Gasteiger partial charge in [0, 0.05) is 11.7 Å².